The lowest BCUT2D eigenvalue weighted by Crippen LogP contribution is -2.40. The second-order valence-corrected chi connectivity index (χ2v) is 9.70. The molecule has 0 N–H and O–H groups in total. The van der Waals surface area contributed by atoms with Crippen molar-refractivity contribution in [2.24, 2.45) is 4.99 Å². The van der Waals surface area contributed by atoms with E-state index in [4.69, 9.17) is 24.5 Å². The molecule has 5 rings (SSSR count). The summed E-state index contributed by atoms with van der Waals surface area (Å²) in [4.78, 5) is 32.8. The van der Waals surface area contributed by atoms with E-state index in [0.717, 1.165) is 5.56 Å². The van der Waals surface area contributed by atoms with Gasteiger partial charge in [0, 0.05) is 11.1 Å². The average Bonchev–Trinajstić information content (AvgIpc) is 3.30. The van der Waals surface area contributed by atoms with Gasteiger partial charge in [0.2, 0.25) is 0 Å². The Morgan fingerprint density at radius 3 is 2.50 bits per heavy atom. The Kier molecular flexibility index (Phi) is 7.89. The summed E-state index contributed by atoms with van der Waals surface area (Å²) in [5.74, 6) is 0.587. The van der Waals surface area contributed by atoms with Gasteiger partial charge in [-0.2, -0.15) is 5.26 Å². The first-order chi connectivity index (χ1) is 19.5. The summed E-state index contributed by atoms with van der Waals surface area (Å²) in [7, 11) is 1.58. The Balaban J connectivity index is 1.79. The van der Waals surface area contributed by atoms with Crippen molar-refractivity contribution in [3.8, 4) is 17.6 Å². The fraction of sp³-hybridized carbons (Fsp3) is 0.161. The number of carbonyl (C=O) groups excluding carboxylic acids is 1. The first-order valence-electron chi connectivity index (χ1n) is 12.6. The molecule has 0 radical (unpaired) electrons. The number of para-hydroxylation sites is 1. The number of rotatable bonds is 8. The van der Waals surface area contributed by atoms with Crippen LogP contribution in [0, 0.1) is 11.3 Å². The summed E-state index contributed by atoms with van der Waals surface area (Å²) < 4.78 is 18.3. The molecular weight excluding hydrogens is 526 g/mol. The molecule has 8 nitrogen and oxygen atoms in total. The SMILES string of the molecule is CCOC(=O)C1=C(c2ccccc2)N=c2s/c(=C\c3ccccc3OCC#N)c(=O)n2[C@@H]1c1ccc(OC)cc1. The summed E-state index contributed by atoms with van der Waals surface area (Å²) >= 11 is 1.22. The molecule has 0 saturated heterocycles. The third kappa shape index (κ3) is 5.17. The molecule has 0 unspecified atom stereocenters. The zero-order chi connectivity index (χ0) is 28.1. The molecular formula is C31H25N3O5S. The van der Waals surface area contributed by atoms with Crippen LogP contribution in [-0.4, -0.2) is 30.9 Å². The van der Waals surface area contributed by atoms with Gasteiger partial charge in [0.15, 0.2) is 11.4 Å². The van der Waals surface area contributed by atoms with Crippen LogP contribution in [0.25, 0.3) is 11.8 Å². The zero-order valence-corrected chi connectivity index (χ0v) is 22.7. The molecule has 1 aromatic heterocycles. The van der Waals surface area contributed by atoms with Crippen molar-refractivity contribution < 1.29 is 19.0 Å². The van der Waals surface area contributed by atoms with Crippen molar-refractivity contribution in [2.45, 2.75) is 13.0 Å². The van der Waals surface area contributed by atoms with Crippen LogP contribution < -0.4 is 24.4 Å². The van der Waals surface area contributed by atoms with Gasteiger partial charge in [-0.3, -0.25) is 9.36 Å². The predicted octanol–water partition coefficient (Wildman–Crippen LogP) is 3.85. The number of hydrogen-bond donors (Lipinski definition) is 0. The molecule has 2 heterocycles. The lowest BCUT2D eigenvalue weighted by Gasteiger charge is -2.26. The highest BCUT2D eigenvalue weighted by Crippen LogP contribution is 2.35. The standard InChI is InChI=1S/C31H25N3O5S/c1-3-38-30(36)26-27(20-9-5-4-6-10-20)33-31-34(28(26)21-13-15-23(37-2)16-14-21)29(35)25(40-31)19-22-11-7-8-12-24(22)39-18-17-32/h4-16,19,28H,3,18H2,1-2H3/b25-19-/t28-/m1/s1. The lowest BCUT2D eigenvalue weighted by molar-refractivity contribution is -0.138. The predicted molar refractivity (Wildman–Crippen MR) is 152 cm³/mol. The molecule has 0 fully saturated rings. The van der Waals surface area contributed by atoms with Crippen molar-refractivity contribution in [3.63, 3.8) is 0 Å². The highest BCUT2D eigenvalue weighted by Gasteiger charge is 2.35. The summed E-state index contributed by atoms with van der Waals surface area (Å²) in [6, 6.07) is 25.0. The van der Waals surface area contributed by atoms with E-state index in [2.05, 4.69) is 0 Å². The lowest BCUT2D eigenvalue weighted by atomic mass is 9.93. The van der Waals surface area contributed by atoms with Crippen LogP contribution in [0.3, 0.4) is 0 Å². The van der Waals surface area contributed by atoms with Crippen LogP contribution in [0.15, 0.2) is 94.2 Å². The molecule has 1 aliphatic heterocycles. The number of hydrogen-bond acceptors (Lipinski definition) is 8. The quantitative estimate of drug-likeness (QED) is 0.308. The van der Waals surface area contributed by atoms with E-state index in [1.165, 1.54) is 15.9 Å². The number of nitriles is 1. The van der Waals surface area contributed by atoms with Crippen molar-refractivity contribution in [1.82, 2.24) is 4.57 Å². The third-order valence-corrected chi connectivity index (χ3v) is 7.29. The van der Waals surface area contributed by atoms with Crippen LogP contribution in [0.5, 0.6) is 11.5 Å². The molecule has 4 aromatic rings. The summed E-state index contributed by atoms with van der Waals surface area (Å²) in [6.07, 6.45) is 1.72. The average molecular weight is 552 g/mol. The first kappa shape index (κ1) is 26.7. The number of methoxy groups -OCH3 is 1. The van der Waals surface area contributed by atoms with E-state index in [9.17, 15) is 9.59 Å². The Labute approximate surface area is 234 Å². The molecule has 40 heavy (non-hydrogen) atoms. The Hall–Kier alpha value is -4.94. The largest absolute Gasteiger partial charge is 0.497 e. The minimum Gasteiger partial charge on any atom is -0.497 e. The van der Waals surface area contributed by atoms with E-state index < -0.39 is 12.0 Å². The van der Waals surface area contributed by atoms with E-state index in [1.807, 2.05) is 60.7 Å². The van der Waals surface area contributed by atoms with Gasteiger partial charge >= 0.3 is 5.97 Å². The molecule has 9 heteroatoms. The fourth-order valence-corrected chi connectivity index (χ4v) is 5.52. The topological polar surface area (TPSA) is 103 Å². The Morgan fingerprint density at radius 2 is 1.80 bits per heavy atom. The molecule has 0 saturated carbocycles. The summed E-state index contributed by atoms with van der Waals surface area (Å²) in [5.41, 5.74) is 2.50. The van der Waals surface area contributed by atoms with Crippen LogP contribution >= 0.6 is 11.3 Å². The molecule has 1 atom stereocenters. The fourth-order valence-electron chi connectivity index (χ4n) is 4.52. The smallest absolute Gasteiger partial charge is 0.338 e. The Bertz CT molecular complexity index is 1800. The van der Waals surface area contributed by atoms with Crippen molar-refractivity contribution in [1.29, 1.82) is 5.26 Å². The molecule has 1 aliphatic rings. The minimum absolute atomic E-state index is 0.118. The van der Waals surface area contributed by atoms with Crippen molar-refractivity contribution >= 4 is 29.1 Å². The van der Waals surface area contributed by atoms with Gasteiger partial charge in [-0.25, -0.2) is 9.79 Å². The highest BCUT2D eigenvalue weighted by atomic mass is 32.1. The molecule has 3 aromatic carbocycles. The zero-order valence-electron chi connectivity index (χ0n) is 21.9. The van der Waals surface area contributed by atoms with Crippen LogP contribution in [0.1, 0.15) is 29.7 Å². The maximum absolute atomic E-state index is 14.0. The van der Waals surface area contributed by atoms with Gasteiger partial charge in [-0.05, 0) is 36.8 Å². The number of carbonyl (C=O) groups is 1. The number of nitrogens with zero attached hydrogens (tertiary/aromatic N) is 3. The normalized spacial score (nSPS) is 14.6. The molecule has 200 valence electrons. The molecule has 0 amide bonds. The van der Waals surface area contributed by atoms with Crippen LogP contribution in [0.4, 0.5) is 0 Å². The van der Waals surface area contributed by atoms with Gasteiger partial charge in [0.05, 0.1) is 35.6 Å². The van der Waals surface area contributed by atoms with E-state index in [0.29, 0.717) is 37.7 Å². The van der Waals surface area contributed by atoms with E-state index in [1.54, 1.807) is 44.4 Å². The minimum atomic E-state index is -0.788. The first-order valence-corrected chi connectivity index (χ1v) is 13.4. The monoisotopic (exact) mass is 551 g/mol. The molecule has 0 aliphatic carbocycles. The highest BCUT2D eigenvalue weighted by molar-refractivity contribution is 7.07. The summed E-state index contributed by atoms with van der Waals surface area (Å²) in [6.45, 7) is 1.79. The summed E-state index contributed by atoms with van der Waals surface area (Å²) in [5, 5.41) is 8.96. The number of aromatic nitrogens is 1. The maximum atomic E-state index is 14.0. The van der Waals surface area contributed by atoms with Crippen LogP contribution in [-0.2, 0) is 9.53 Å². The second kappa shape index (κ2) is 11.8. The van der Waals surface area contributed by atoms with Gasteiger partial charge in [-0.1, -0.05) is 72.0 Å². The van der Waals surface area contributed by atoms with Crippen LogP contribution in [0.2, 0.25) is 0 Å². The van der Waals surface area contributed by atoms with Crippen molar-refractivity contribution in [2.75, 3.05) is 20.3 Å². The van der Waals surface area contributed by atoms with Gasteiger partial charge in [0.25, 0.3) is 5.56 Å². The number of thiazole rings is 1. The maximum Gasteiger partial charge on any atom is 0.338 e. The number of ether oxygens (including phenoxy) is 3. The molecule has 0 bridgehead atoms. The van der Waals surface area contributed by atoms with E-state index in [-0.39, 0.29) is 24.3 Å². The third-order valence-electron chi connectivity index (χ3n) is 6.30. The van der Waals surface area contributed by atoms with Gasteiger partial charge in [0.1, 0.15) is 17.6 Å². The number of esters is 1. The van der Waals surface area contributed by atoms with Crippen molar-refractivity contribution in [3.05, 3.63) is 121 Å². The van der Waals surface area contributed by atoms with Gasteiger partial charge in [-0.15, -0.1) is 0 Å². The Morgan fingerprint density at radius 1 is 1.07 bits per heavy atom. The molecule has 0 spiro atoms. The van der Waals surface area contributed by atoms with Gasteiger partial charge < -0.3 is 14.2 Å². The number of fused-ring (bicyclic) bond motifs is 1. The van der Waals surface area contributed by atoms with E-state index >= 15 is 0 Å². The second-order valence-electron chi connectivity index (χ2n) is 8.69. The number of benzene rings is 3.